The fraction of sp³-hybridized carbons (Fsp3) is 1.00. The van der Waals surface area contributed by atoms with Crippen molar-refractivity contribution in [2.45, 2.75) is 20.8 Å². The molecule has 0 atom stereocenters. The molecule has 74 valence electrons. The van der Waals surface area contributed by atoms with Gasteiger partial charge < -0.3 is 19.0 Å². The molecule has 4 nitrogen and oxygen atoms in total. The number of hydrogen-bond acceptors (Lipinski definition) is 4. The molecule has 0 aliphatic carbocycles. The molecular formula is C7H19NO3Si. The molecule has 0 bridgehead atoms. The highest BCUT2D eigenvalue weighted by Gasteiger charge is 2.38. The van der Waals surface area contributed by atoms with Gasteiger partial charge in [-0.2, -0.15) is 0 Å². The first-order valence-electron chi connectivity index (χ1n) is 4.36. The van der Waals surface area contributed by atoms with Crippen molar-refractivity contribution < 1.29 is 13.3 Å². The predicted octanol–water partition coefficient (Wildman–Crippen LogP) is 0.533. The fourth-order valence-corrected chi connectivity index (χ4v) is 2.88. The molecule has 0 aromatic carbocycles. The molecule has 5 heteroatoms. The zero-order valence-corrected chi connectivity index (χ0v) is 9.13. The Morgan fingerprint density at radius 2 is 1.25 bits per heavy atom. The van der Waals surface area contributed by atoms with Gasteiger partial charge in [-0.05, 0) is 20.8 Å². The summed E-state index contributed by atoms with van der Waals surface area (Å²) >= 11 is 0. The van der Waals surface area contributed by atoms with Crippen LogP contribution in [0.4, 0.5) is 0 Å². The van der Waals surface area contributed by atoms with E-state index < -0.39 is 8.80 Å². The summed E-state index contributed by atoms with van der Waals surface area (Å²) in [4.78, 5) is 0. The number of hydrogen-bond donors (Lipinski definition) is 1. The second-order valence-corrected chi connectivity index (χ2v) is 4.83. The average Bonchev–Trinajstić information content (AvgIpc) is 2.06. The lowest BCUT2D eigenvalue weighted by molar-refractivity contribution is 0.0728. The Morgan fingerprint density at radius 3 is 1.42 bits per heavy atom. The molecule has 0 saturated carbocycles. The molecule has 0 aromatic heterocycles. The van der Waals surface area contributed by atoms with Crippen molar-refractivity contribution in [3.63, 3.8) is 0 Å². The van der Waals surface area contributed by atoms with Crippen LogP contribution >= 0.6 is 0 Å². The van der Waals surface area contributed by atoms with Crippen LogP contribution in [0, 0.1) is 0 Å². The zero-order chi connectivity index (χ0) is 9.45. The van der Waals surface area contributed by atoms with Crippen molar-refractivity contribution in [2.75, 3.05) is 26.0 Å². The SMILES string of the molecule is CCO[Si](CN)(OCC)OCC. The van der Waals surface area contributed by atoms with Gasteiger partial charge in [0.15, 0.2) is 0 Å². The van der Waals surface area contributed by atoms with Gasteiger partial charge in [-0.3, -0.25) is 0 Å². The molecule has 12 heavy (non-hydrogen) atoms. The maximum Gasteiger partial charge on any atom is 0.515 e. The molecule has 0 radical (unpaired) electrons. The first-order chi connectivity index (χ1) is 5.74. The van der Waals surface area contributed by atoms with Crippen LogP contribution < -0.4 is 5.73 Å². The smallest absolute Gasteiger partial charge is 0.373 e. The van der Waals surface area contributed by atoms with Gasteiger partial charge in [-0.1, -0.05) is 0 Å². The lowest BCUT2D eigenvalue weighted by Gasteiger charge is -2.26. The van der Waals surface area contributed by atoms with Gasteiger partial charge in [0.25, 0.3) is 0 Å². The summed E-state index contributed by atoms with van der Waals surface area (Å²) in [6.45, 7) is 7.50. The van der Waals surface area contributed by atoms with E-state index in [1.54, 1.807) is 0 Å². The number of rotatable bonds is 7. The Bertz CT molecular complexity index is 95.8. The molecule has 0 aromatic rings. The summed E-state index contributed by atoms with van der Waals surface area (Å²) < 4.78 is 16.3. The van der Waals surface area contributed by atoms with E-state index in [-0.39, 0.29) is 0 Å². The second-order valence-electron chi connectivity index (χ2n) is 2.19. The first kappa shape index (κ1) is 12.1. The monoisotopic (exact) mass is 193 g/mol. The predicted molar refractivity (Wildman–Crippen MR) is 49.7 cm³/mol. The molecule has 0 fully saturated rings. The molecule has 0 amide bonds. The van der Waals surface area contributed by atoms with Crippen molar-refractivity contribution in [1.82, 2.24) is 0 Å². The highest BCUT2D eigenvalue weighted by Crippen LogP contribution is 2.07. The Morgan fingerprint density at radius 1 is 0.917 bits per heavy atom. The van der Waals surface area contributed by atoms with Crippen molar-refractivity contribution in [3.8, 4) is 0 Å². The minimum absolute atomic E-state index is 0.350. The van der Waals surface area contributed by atoms with Crippen LogP contribution in [0.25, 0.3) is 0 Å². The van der Waals surface area contributed by atoms with Gasteiger partial charge in [0, 0.05) is 19.8 Å². The molecule has 0 unspecified atom stereocenters. The lowest BCUT2D eigenvalue weighted by atomic mass is 10.9. The maximum atomic E-state index is 5.55. The Kier molecular flexibility index (Phi) is 6.59. The summed E-state index contributed by atoms with van der Waals surface area (Å²) in [5.41, 5.74) is 5.55. The van der Waals surface area contributed by atoms with Crippen LogP contribution in [0.3, 0.4) is 0 Å². The quantitative estimate of drug-likeness (QED) is 0.599. The summed E-state index contributed by atoms with van der Waals surface area (Å²) in [5.74, 6) is 0. The molecule has 0 aliphatic rings. The second kappa shape index (κ2) is 6.56. The Balaban J connectivity index is 4.06. The van der Waals surface area contributed by atoms with E-state index in [1.165, 1.54) is 0 Å². The number of nitrogens with two attached hydrogens (primary N) is 1. The normalized spacial score (nSPS) is 12.0. The molecule has 2 N–H and O–H groups in total. The van der Waals surface area contributed by atoms with E-state index in [0.29, 0.717) is 26.0 Å². The molecule has 0 rings (SSSR count). The van der Waals surface area contributed by atoms with Crippen LogP contribution in [0.2, 0.25) is 0 Å². The van der Waals surface area contributed by atoms with E-state index in [9.17, 15) is 0 Å². The minimum Gasteiger partial charge on any atom is -0.373 e. The summed E-state index contributed by atoms with van der Waals surface area (Å²) in [6.07, 6.45) is 0.350. The van der Waals surface area contributed by atoms with Gasteiger partial charge in [-0.25, -0.2) is 0 Å². The van der Waals surface area contributed by atoms with Crippen LogP contribution in [0.15, 0.2) is 0 Å². The largest absolute Gasteiger partial charge is 0.515 e. The topological polar surface area (TPSA) is 53.7 Å². The summed E-state index contributed by atoms with van der Waals surface area (Å²) in [7, 11) is -2.49. The maximum absolute atomic E-state index is 5.55. The van der Waals surface area contributed by atoms with Crippen molar-refractivity contribution in [1.29, 1.82) is 0 Å². The minimum atomic E-state index is -2.49. The average molecular weight is 193 g/mol. The zero-order valence-electron chi connectivity index (χ0n) is 8.13. The van der Waals surface area contributed by atoms with E-state index in [1.807, 2.05) is 20.8 Å². The van der Waals surface area contributed by atoms with Gasteiger partial charge in [-0.15, -0.1) is 0 Å². The highest BCUT2D eigenvalue weighted by molar-refractivity contribution is 6.60. The lowest BCUT2D eigenvalue weighted by Crippen LogP contribution is -2.52. The van der Waals surface area contributed by atoms with E-state index in [0.717, 1.165) is 0 Å². The van der Waals surface area contributed by atoms with Crippen LogP contribution in [0.1, 0.15) is 20.8 Å². The van der Waals surface area contributed by atoms with E-state index in [4.69, 9.17) is 19.0 Å². The fourth-order valence-electron chi connectivity index (χ4n) is 0.962. The van der Waals surface area contributed by atoms with E-state index in [2.05, 4.69) is 0 Å². The van der Waals surface area contributed by atoms with Crippen molar-refractivity contribution in [3.05, 3.63) is 0 Å². The summed E-state index contributed by atoms with van der Waals surface area (Å²) in [5, 5.41) is 0. The third-order valence-corrected chi connectivity index (χ3v) is 4.03. The summed E-state index contributed by atoms with van der Waals surface area (Å²) in [6, 6.07) is 0. The Hall–Kier alpha value is 0.0569. The van der Waals surface area contributed by atoms with Gasteiger partial charge >= 0.3 is 8.80 Å². The van der Waals surface area contributed by atoms with E-state index >= 15 is 0 Å². The van der Waals surface area contributed by atoms with Crippen LogP contribution in [0.5, 0.6) is 0 Å². The molecule has 0 heterocycles. The highest BCUT2D eigenvalue weighted by atomic mass is 28.4. The molecule has 0 saturated heterocycles. The van der Waals surface area contributed by atoms with Gasteiger partial charge in [0.1, 0.15) is 0 Å². The third kappa shape index (κ3) is 3.64. The van der Waals surface area contributed by atoms with Gasteiger partial charge in [0.2, 0.25) is 0 Å². The Labute approximate surface area is 75.4 Å². The molecule has 0 spiro atoms. The van der Waals surface area contributed by atoms with Crippen LogP contribution in [-0.2, 0) is 13.3 Å². The van der Waals surface area contributed by atoms with Crippen molar-refractivity contribution in [2.24, 2.45) is 5.73 Å². The molecule has 0 aliphatic heterocycles. The first-order valence-corrected chi connectivity index (χ1v) is 6.29. The van der Waals surface area contributed by atoms with Crippen molar-refractivity contribution >= 4 is 8.80 Å². The van der Waals surface area contributed by atoms with Gasteiger partial charge in [0.05, 0.1) is 6.17 Å². The standard InChI is InChI=1S/C7H19NO3Si/c1-4-9-12(7-8,10-5-2)11-6-3/h4-8H2,1-3H3. The third-order valence-electron chi connectivity index (χ3n) is 1.34. The molecular weight excluding hydrogens is 174 g/mol. The van der Waals surface area contributed by atoms with Crippen LogP contribution in [-0.4, -0.2) is 34.8 Å².